The molecule has 1 atom stereocenters. The summed E-state index contributed by atoms with van der Waals surface area (Å²) in [5.41, 5.74) is 3.15. The zero-order chi connectivity index (χ0) is 15.7. The van der Waals surface area contributed by atoms with Gasteiger partial charge in [-0.2, -0.15) is 0 Å². The molecule has 2 aromatic rings. The Morgan fingerprint density at radius 1 is 1.18 bits per heavy atom. The molecule has 1 aliphatic carbocycles. The van der Waals surface area contributed by atoms with Crippen molar-refractivity contribution in [2.75, 3.05) is 0 Å². The molecule has 0 saturated carbocycles. The minimum absolute atomic E-state index is 0.234. The number of hydrogen-bond acceptors (Lipinski definition) is 3. The zero-order valence-corrected chi connectivity index (χ0v) is 13.7. The van der Waals surface area contributed by atoms with Crippen molar-refractivity contribution in [3.05, 3.63) is 68.0 Å². The summed E-state index contributed by atoms with van der Waals surface area (Å²) in [4.78, 5) is 23.8. The summed E-state index contributed by atoms with van der Waals surface area (Å²) in [6, 6.07) is 10.2. The number of fused-ring (bicyclic) bond motifs is 1. The van der Waals surface area contributed by atoms with Crippen LogP contribution in [0.2, 0.25) is 0 Å². The Kier molecular flexibility index (Phi) is 4.25. The van der Waals surface area contributed by atoms with Gasteiger partial charge >= 0.3 is 5.69 Å². The van der Waals surface area contributed by atoms with Gasteiger partial charge in [0.15, 0.2) is 0 Å². The van der Waals surface area contributed by atoms with E-state index in [-0.39, 0.29) is 11.2 Å². The highest BCUT2D eigenvalue weighted by Crippen LogP contribution is 2.40. The molecule has 22 heavy (non-hydrogen) atoms. The first-order valence-electron chi connectivity index (χ1n) is 7.53. The van der Waals surface area contributed by atoms with Crippen LogP contribution in [0.15, 0.2) is 39.9 Å². The van der Waals surface area contributed by atoms with Crippen molar-refractivity contribution in [2.45, 2.75) is 30.3 Å². The van der Waals surface area contributed by atoms with Crippen molar-refractivity contribution in [3.63, 3.8) is 0 Å². The third kappa shape index (κ3) is 2.77. The molecule has 3 rings (SSSR count). The van der Waals surface area contributed by atoms with Gasteiger partial charge < -0.3 is 0 Å². The second kappa shape index (κ2) is 6.16. The van der Waals surface area contributed by atoms with Crippen LogP contribution in [-0.2, 0) is 26.3 Å². The fraction of sp³-hybridized carbons (Fsp3) is 0.412. The Morgan fingerprint density at radius 2 is 1.95 bits per heavy atom. The van der Waals surface area contributed by atoms with Crippen LogP contribution in [0.1, 0.15) is 34.9 Å². The summed E-state index contributed by atoms with van der Waals surface area (Å²) < 4.78 is 2.72. The summed E-state index contributed by atoms with van der Waals surface area (Å²) in [5, 5.41) is 0.448. The molecule has 5 heteroatoms. The highest BCUT2D eigenvalue weighted by Gasteiger charge is 2.20. The molecule has 0 unspecified atom stereocenters. The third-order valence-corrected chi connectivity index (χ3v) is 5.73. The minimum Gasteiger partial charge on any atom is -0.300 e. The van der Waals surface area contributed by atoms with Crippen LogP contribution < -0.4 is 11.2 Å². The smallest absolute Gasteiger partial charge is 0.300 e. The van der Waals surface area contributed by atoms with E-state index in [2.05, 4.69) is 24.3 Å². The lowest BCUT2D eigenvalue weighted by Gasteiger charge is -2.25. The van der Waals surface area contributed by atoms with Crippen LogP contribution in [0.4, 0.5) is 0 Å². The summed E-state index contributed by atoms with van der Waals surface area (Å²) in [6.45, 7) is 0. The van der Waals surface area contributed by atoms with E-state index in [1.54, 1.807) is 17.7 Å². The van der Waals surface area contributed by atoms with Crippen molar-refractivity contribution in [2.24, 2.45) is 14.1 Å². The molecule has 0 amide bonds. The van der Waals surface area contributed by atoms with Crippen LogP contribution in [-0.4, -0.2) is 9.13 Å². The Bertz CT molecular complexity index is 807. The number of aryl methyl sites for hydroxylation is 1. The van der Waals surface area contributed by atoms with E-state index in [9.17, 15) is 9.59 Å². The molecule has 1 aromatic heterocycles. The quantitative estimate of drug-likeness (QED) is 0.873. The Morgan fingerprint density at radius 3 is 2.77 bits per heavy atom. The molecule has 0 saturated heterocycles. The van der Waals surface area contributed by atoms with E-state index >= 15 is 0 Å². The number of nitrogens with zero attached hydrogens (tertiary/aromatic N) is 2. The summed E-state index contributed by atoms with van der Waals surface area (Å²) >= 11 is 1.82. The standard InChI is InChI=1S/C17H20N2O2S/c1-18-13(10-16(20)19(2)17(18)21)11-22-15-9-5-7-12-6-3-4-8-14(12)15/h3-4,6,8,10,15H,5,7,9,11H2,1-2H3/t15-/m1/s1. The van der Waals surface area contributed by atoms with Crippen molar-refractivity contribution < 1.29 is 0 Å². The summed E-state index contributed by atoms with van der Waals surface area (Å²) in [6.07, 6.45) is 3.50. The van der Waals surface area contributed by atoms with Gasteiger partial charge in [0.05, 0.1) is 0 Å². The highest BCUT2D eigenvalue weighted by molar-refractivity contribution is 7.98. The van der Waals surface area contributed by atoms with Gasteiger partial charge in [-0.25, -0.2) is 4.79 Å². The van der Waals surface area contributed by atoms with E-state index < -0.39 is 0 Å². The van der Waals surface area contributed by atoms with Crippen LogP contribution in [0.3, 0.4) is 0 Å². The van der Waals surface area contributed by atoms with Crippen LogP contribution in [0.25, 0.3) is 0 Å². The lowest BCUT2D eigenvalue weighted by atomic mass is 9.91. The predicted molar refractivity (Wildman–Crippen MR) is 90.3 cm³/mol. The van der Waals surface area contributed by atoms with E-state index in [0.717, 1.165) is 23.1 Å². The number of benzene rings is 1. The van der Waals surface area contributed by atoms with Crippen molar-refractivity contribution in [1.29, 1.82) is 0 Å². The molecular weight excluding hydrogens is 296 g/mol. The molecule has 1 heterocycles. The maximum Gasteiger partial charge on any atom is 0.330 e. The maximum absolute atomic E-state index is 12.0. The molecular formula is C17H20N2O2S. The van der Waals surface area contributed by atoms with Gasteiger partial charge in [0.1, 0.15) is 0 Å². The topological polar surface area (TPSA) is 44.0 Å². The lowest BCUT2D eigenvalue weighted by Crippen LogP contribution is -2.37. The SMILES string of the molecule is Cn1c(CS[C@@H]2CCCc3ccccc32)cc(=O)n(C)c1=O. The van der Waals surface area contributed by atoms with E-state index in [1.807, 2.05) is 11.8 Å². The predicted octanol–water partition coefficient (Wildman–Crippen LogP) is 2.39. The maximum atomic E-state index is 12.0. The molecule has 0 aliphatic heterocycles. The Balaban J connectivity index is 1.83. The zero-order valence-electron chi connectivity index (χ0n) is 12.9. The van der Waals surface area contributed by atoms with Crippen LogP contribution >= 0.6 is 11.8 Å². The van der Waals surface area contributed by atoms with Gasteiger partial charge in [-0.1, -0.05) is 24.3 Å². The van der Waals surface area contributed by atoms with Crippen molar-refractivity contribution in [3.8, 4) is 0 Å². The lowest BCUT2D eigenvalue weighted by molar-refractivity contribution is 0.659. The number of hydrogen-bond donors (Lipinski definition) is 0. The molecule has 0 spiro atoms. The van der Waals surface area contributed by atoms with Gasteiger partial charge in [-0.15, -0.1) is 11.8 Å². The van der Waals surface area contributed by atoms with Gasteiger partial charge in [-0.3, -0.25) is 13.9 Å². The van der Waals surface area contributed by atoms with E-state index in [4.69, 9.17) is 0 Å². The van der Waals surface area contributed by atoms with Gasteiger partial charge in [-0.05, 0) is 30.4 Å². The van der Waals surface area contributed by atoms with Crippen molar-refractivity contribution in [1.82, 2.24) is 9.13 Å². The molecule has 1 aromatic carbocycles. The van der Waals surface area contributed by atoms with Crippen LogP contribution in [0.5, 0.6) is 0 Å². The fourth-order valence-electron chi connectivity index (χ4n) is 2.99. The first-order chi connectivity index (χ1) is 10.6. The van der Waals surface area contributed by atoms with E-state index in [1.165, 1.54) is 24.6 Å². The van der Waals surface area contributed by atoms with Gasteiger partial charge in [0.2, 0.25) is 0 Å². The number of thioether (sulfide) groups is 1. The second-order valence-electron chi connectivity index (χ2n) is 5.77. The molecule has 0 radical (unpaired) electrons. The average Bonchev–Trinajstić information content (AvgIpc) is 2.55. The van der Waals surface area contributed by atoms with Gasteiger partial charge in [0, 0.05) is 36.9 Å². The molecule has 0 N–H and O–H groups in total. The number of rotatable bonds is 3. The molecule has 4 nitrogen and oxygen atoms in total. The first kappa shape index (κ1) is 15.2. The molecule has 116 valence electrons. The summed E-state index contributed by atoms with van der Waals surface area (Å²) in [7, 11) is 3.24. The first-order valence-corrected chi connectivity index (χ1v) is 8.58. The van der Waals surface area contributed by atoms with Crippen molar-refractivity contribution >= 4 is 11.8 Å². The molecule has 0 fully saturated rings. The highest BCUT2D eigenvalue weighted by atomic mass is 32.2. The Labute approximate surface area is 133 Å². The Hall–Kier alpha value is -1.75. The third-order valence-electron chi connectivity index (χ3n) is 4.37. The number of aromatic nitrogens is 2. The normalized spacial score (nSPS) is 17.3. The average molecular weight is 316 g/mol. The van der Waals surface area contributed by atoms with Crippen LogP contribution in [0, 0.1) is 0 Å². The summed E-state index contributed by atoms with van der Waals surface area (Å²) in [5.74, 6) is 0.681. The minimum atomic E-state index is -0.257. The second-order valence-corrected chi connectivity index (χ2v) is 6.96. The molecule has 1 aliphatic rings. The fourth-order valence-corrected chi connectivity index (χ4v) is 4.38. The van der Waals surface area contributed by atoms with Gasteiger partial charge in [0.25, 0.3) is 5.56 Å². The van der Waals surface area contributed by atoms with E-state index in [0.29, 0.717) is 11.0 Å². The molecule has 0 bridgehead atoms. The largest absolute Gasteiger partial charge is 0.330 e. The monoisotopic (exact) mass is 316 g/mol.